The number of nitrogens with zero attached hydrogens (tertiary/aromatic N) is 3. The Morgan fingerprint density at radius 3 is 3.14 bits per heavy atom. The van der Waals surface area contributed by atoms with Gasteiger partial charge in [0.05, 0.1) is 12.1 Å². The first kappa shape index (κ1) is 13.5. The summed E-state index contributed by atoms with van der Waals surface area (Å²) in [4.78, 5) is 13.8. The van der Waals surface area contributed by atoms with Crippen molar-refractivity contribution >= 4 is 22.9 Å². The van der Waals surface area contributed by atoms with E-state index in [2.05, 4.69) is 15.5 Å². The molecule has 0 radical (unpaired) electrons. The maximum Gasteiger partial charge on any atom is 0.252 e. The van der Waals surface area contributed by atoms with Gasteiger partial charge in [-0.2, -0.15) is 0 Å². The first-order valence-electron chi connectivity index (χ1n) is 7.49. The Bertz CT molecular complexity index is 836. The number of aryl methyl sites for hydroxylation is 1. The zero-order valence-electron chi connectivity index (χ0n) is 12.1. The molecule has 0 aromatic carbocycles. The number of hydrogen-bond donors (Lipinski definition) is 1. The molecular formula is C16H16N4OS. The standard InChI is InChI=1S/C16H16N4OS/c21-16(12-10-22-13-6-2-1-5-11(12)13)17-9-15-19-18-14-7-3-4-8-20(14)15/h3-4,7-8,10H,1-2,5-6,9H2,(H,17,21). The molecule has 22 heavy (non-hydrogen) atoms. The summed E-state index contributed by atoms with van der Waals surface area (Å²) in [5.41, 5.74) is 2.88. The third-order valence-electron chi connectivity index (χ3n) is 4.10. The molecule has 0 saturated heterocycles. The van der Waals surface area contributed by atoms with Gasteiger partial charge >= 0.3 is 0 Å². The van der Waals surface area contributed by atoms with Gasteiger partial charge in [-0.05, 0) is 43.4 Å². The fraction of sp³-hybridized carbons (Fsp3) is 0.312. The van der Waals surface area contributed by atoms with E-state index in [-0.39, 0.29) is 5.91 Å². The minimum Gasteiger partial charge on any atom is -0.345 e. The van der Waals surface area contributed by atoms with Crippen molar-refractivity contribution in [1.29, 1.82) is 0 Å². The van der Waals surface area contributed by atoms with Crippen molar-refractivity contribution in [2.75, 3.05) is 0 Å². The van der Waals surface area contributed by atoms with Crippen LogP contribution < -0.4 is 5.32 Å². The summed E-state index contributed by atoms with van der Waals surface area (Å²) < 4.78 is 1.89. The average molecular weight is 312 g/mol. The molecule has 1 aliphatic rings. The van der Waals surface area contributed by atoms with E-state index in [4.69, 9.17) is 0 Å². The molecule has 3 aromatic rings. The van der Waals surface area contributed by atoms with E-state index in [0.29, 0.717) is 6.54 Å². The number of aromatic nitrogens is 3. The van der Waals surface area contributed by atoms with Gasteiger partial charge in [-0.3, -0.25) is 9.20 Å². The highest BCUT2D eigenvalue weighted by molar-refractivity contribution is 7.10. The van der Waals surface area contributed by atoms with E-state index in [1.165, 1.54) is 23.3 Å². The molecule has 112 valence electrons. The summed E-state index contributed by atoms with van der Waals surface area (Å²) in [5.74, 6) is 0.736. The van der Waals surface area contributed by atoms with E-state index in [9.17, 15) is 4.79 Å². The number of carbonyl (C=O) groups excluding carboxylic acids is 1. The lowest BCUT2D eigenvalue weighted by Crippen LogP contribution is -2.25. The molecular weight excluding hydrogens is 296 g/mol. The number of rotatable bonds is 3. The molecule has 1 aliphatic carbocycles. The molecule has 0 spiro atoms. The van der Waals surface area contributed by atoms with Gasteiger partial charge in [-0.1, -0.05) is 6.07 Å². The summed E-state index contributed by atoms with van der Waals surface area (Å²) >= 11 is 1.71. The number of hydrogen-bond acceptors (Lipinski definition) is 4. The van der Waals surface area contributed by atoms with Gasteiger partial charge in [0.1, 0.15) is 0 Å². The highest BCUT2D eigenvalue weighted by atomic mass is 32.1. The Morgan fingerprint density at radius 1 is 1.27 bits per heavy atom. The molecule has 6 heteroatoms. The highest BCUT2D eigenvalue weighted by Crippen LogP contribution is 2.30. The normalized spacial score (nSPS) is 14.0. The van der Waals surface area contributed by atoms with Crippen molar-refractivity contribution in [2.24, 2.45) is 0 Å². The van der Waals surface area contributed by atoms with Crippen LogP contribution in [0.5, 0.6) is 0 Å². The predicted octanol–water partition coefficient (Wildman–Crippen LogP) is 2.60. The Hall–Kier alpha value is -2.21. The Balaban J connectivity index is 1.52. The maximum atomic E-state index is 12.4. The number of thiophene rings is 1. The van der Waals surface area contributed by atoms with Crippen LogP contribution in [0.1, 0.15) is 39.5 Å². The van der Waals surface area contributed by atoms with E-state index in [0.717, 1.165) is 29.9 Å². The molecule has 3 aromatic heterocycles. The SMILES string of the molecule is O=C(NCc1nnc2ccccn12)c1csc2c1CCCC2. The summed E-state index contributed by atoms with van der Waals surface area (Å²) in [6.45, 7) is 0.384. The first-order valence-corrected chi connectivity index (χ1v) is 8.37. The van der Waals surface area contributed by atoms with Crippen LogP contribution in [0.3, 0.4) is 0 Å². The minimum absolute atomic E-state index is 0.00733. The van der Waals surface area contributed by atoms with Gasteiger partial charge in [0.2, 0.25) is 0 Å². The number of amides is 1. The van der Waals surface area contributed by atoms with Gasteiger partial charge in [-0.25, -0.2) is 0 Å². The summed E-state index contributed by atoms with van der Waals surface area (Å²) in [6, 6.07) is 5.74. The third-order valence-corrected chi connectivity index (χ3v) is 5.19. The fourth-order valence-corrected chi connectivity index (χ4v) is 4.08. The van der Waals surface area contributed by atoms with E-state index in [1.807, 2.05) is 34.2 Å². The average Bonchev–Trinajstić information content (AvgIpc) is 3.17. The Labute approximate surface area is 132 Å². The summed E-state index contributed by atoms with van der Waals surface area (Å²) in [5, 5.41) is 13.2. The number of pyridine rings is 1. The second-order valence-electron chi connectivity index (χ2n) is 5.49. The van der Waals surface area contributed by atoms with Gasteiger partial charge in [0.15, 0.2) is 11.5 Å². The molecule has 0 fully saturated rings. The topological polar surface area (TPSA) is 59.3 Å². The molecule has 0 aliphatic heterocycles. The van der Waals surface area contributed by atoms with Crippen LogP contribution in [0, 0.1) is 0 Å². The molecule has 0 unspecified atom stereocenters. The largest absolute Gasteiger partial charge is 0.345 e. The van der Waals surface area contributed by atoms with E-state index in [1.54, 1.807) is 11.3 Å². The molecule has 5 nitrogen and oxygen atoms in total. The number of fused-ring (bicyclic) bond motifs is 2. The lowest BCUT2D eigenvalue weighted by atomic mass is 9.96. The molecule has 1 N–H and O–H groups in total. The number of carbonyl (C=O) groups is 1. The minimum atomic E-state index is -0.00733. The lowest BCUT2D eigenvalue weighted by molar-refractivity contribution is 0.0949. The second kappa shape index (κ2) is 5.53. The fourth-order valence-electron chi connectivity index (χ4n) is 2.95. The molecule has 0 atom stereocenters. The van der Waals surface area contributed by atoms with Crippen LogP contribution in [0.4, 0.5) is 0 Å². The van der Waals surface area contributed by atoms with E-state index < -0.39 is 0 Å². The van der Waals surface area contributed by atoms with Gasteiger partial charge in [-0.15, -0.1) is 21.5 Å². The van der Waals surface area contributed by atoms with Crippen molar-refractivity contribution in [3.05, 3.63) is 51.6 Å². The molecule has 0 saturated carbocycles. The zero-order chi connectivity index (χ0) is 14.9. The van der Waals surface area contributed by atoms with E-state index >= 15 is 0 Å². The Morgan fingerprint density at radius 2 is 2.18 bits per heavy atom. The van der Waals surface area contributed by atoms with Crippen LogP contribution in [0.2, 0.25) is 0 Å². The van der Waals surface area contributed by atoms with Gasteiger partial charge < -0.3 is 5.32 Å². The molecule has 3 heterocycles. The van der Waals surface area contributed by atoms with Crippen LogP contribution in [0.25, 0.3) is 5.65 Å². The third kappa shape index (κ3) is 2.29. The lowest BCUT2D eigenvalue weighted by Gasteiger charge is -2.12. The monoisotopic (exact) mass is 312 g/mol. The van der Waals surface area contributed by atoms with Crippen LogP contribution >= 0.6 is 11.3 Å². The summed E-state index contributed by atoms with van der Waals surface area (Å²) in [6.07, 6.45) is 6.46. The van der Waals surface area contributed by atoms with Gasteiger partial charge in [0, 0.05) is 16.5 Å². The van der Waals surface area contributed by atoms with Crippen molar-refractivity contribution in [3.63, 3.8) is 0 Å². The van der Waals surface area contributed by atoms with Crippen molar-refractivity contribution in [1.82, 2.24) is 19.9 Å². The zero-order valence-corrected chi connectivity index (χ0v) is 12.9. The highest BCUT2D eigenvalue weighted by Gasteiger charge is 2.20. The van der Waals surface area contributed by atoms with Crippen LogP contribution in [-0.4, -0.2) is 20.5 Å². The second-order valence-corrected chi connectivity index (χ2v) is 6.45. The van der Waals surface area contributed by atoms with Crippen LogP contribution in [-0.2, 0) is 19.4 Å². The van der Waals surface area contributed by atoms with Crippen molar-refractivity contribution < 1.29 is 4.79 Å². The Kier molecular flexibility index (Phi) is 3.38. The maximum absolute atomic E-state index is 12.4. The summed E-state index contributed by atoms with van der Waals surface area (Å²) in [7, 11) is 0. The first-order chi connectivity index (χ1) is 10.8. The molecule has 0 bridgehead atoms. The molecule has 1 amide bonds. The van der Waals surface area contributed by atoms with Crippen molar-refractivity contribution in [3.8, 4) is 0 Å². The smallest absolute Gasteiger partial charge is 0.252 e. The quantitative estimate of drug-likeness (QED) is 0.808. The predicted molar refractivity (Wildman–Crippen MR) is 85.1 cm³/mol. The van der Waals surface area contributed by atoms with Crippen molar-refractivity contribution in [2.45, 2.75) is 32.2 Å². The van der Waals surface area contributed by atoms with Gasteiger partial charge in [0.25, 0.3) is 5.91 Å². The van der Waals surface area contributed by atoms with Crippen LogP contribution in [0.15, 0.2) is 29.8 Å². The number of nitrogens with one attached hydrogen (secondary N) is 1. The molecule has 4 rings (SSSR count).